The highest BCUT2D eigenvalue weighted by atomic mass is 32.2. The summed E-state index contributed by atoms with van der Waals surface area (Å²) in [5.74, 6) is -0.115. The first-order chi connectivity index (χ1) is 16.8. The molecule has 3 heterocycles. The molecule has 0 aliphatic carbocycles. The summed E-state index contributed by atoms with van der Waals surface area (Å²) in [6, 6.07) is 13.4. The van der Waals surface area contributed by atoms with Crippen LogP contribution in [0.15, 0.2) is 53.7 Å². The first kappa shape index (κ1) is 23.5. The van der Waals surface area contributed by atoms with Crippen molar-refractivity contribution in [2.24, 2.45) is 0 Å². The van der Waals surface area contributed by atoms with Gasteiger partial charge in [-0.3, -0.25) is 19.1 Å². The monoisotopic (exact) mass is 495 g/mol. The fraction of sp³-hybridized carbons (Fsp3) is 0.360. The van der Waals surface area contributed by atoms with Gasteiger partial charge in [0.1, 0.15) is 11.4 Å². The number of carbonyl (C=O) groups excluding carboxylic acids is 2. The van der Waals surface area contributed by atoms with Gasteiger partial charge in [-0.15, -0.1) is 10.2 Å². The van der Waals surface area contributed by atoms with E-state index in [1.807, 2.05) is 22.8 Å². The third-order valence-electron chi connectivity index (χ3n) is 6.31. The van der Waals surface area contributed by atoms with Gasteiger partial charge in [0.2, 0.25) is 11.8 Å². The fourth-order valence-corrected chi connectivity index (χ4v) is 5.25. The summed E-state index contributed by atoms with van der Waals surface area (Å²) in [5.41, 5.74) is 0.958. The van der Waals surface area contributed by atoms with Crippen molar-refractivity contribution < 1.29 is 18.7 Å². The Kier molecular flexibility index (Phi) is 6.33. The molecule has 1 N–H and O–H groups in total. The lowest BCUT2D eigenvalue weighted by Crippen LogP contribution is -2.59. The molecule has 35 heavy (non-hydrogen) atoms. The number of benzene rings is 2. The first-order valence-electron chi connectivity index (χ1n) is 11.5. The molecule has 2 aliphatic rings. The van der Waals surface area contributed by atoms with E-state index in [0.29, 0.717) is 35.5 Å². The van der Waals surface area contributed by atoms with Crippen LogP contribution in [-0.2, 0) is 20.9 Å². The van der Waals surface area contributed by atoms with Crippen molar-refractivity contribution in [2.75, 3.05) is 22.6 Å². The SMILES string of the molecule is CC1(C)C(=O)Nc2ccccc2N1C(=O)CSc1nnc(-c2ccc(F)cc2)n1C[C@@H]1CCCO1. The normalized spacial score (nSPS) is 18.9. The molecule has 8 nitrogen and oxygen atoms in total. The number of hydrogen-bond acceptors (Lipinski definition) is 6. The van der Waals surface area contributed by atoms with Crippen molar-refractivity contribution in [2.45, 2.75) is 50.0 Å². The van der Waals surface area contributed by atoms with Gasteiger partial charge in [0.15, 0.2) is 11.0 Å². The van der Waals surface area contributed by atoms with Crippen LogP contribution in [0.5, 0.6) is 0 Å². The molecule has 1 saturated heterocycles. The van der Waals surface area contributed by atoms with Gasteiger partial charge in [-0.25, -0.2) is 4.39 Å². The largest absolute Gasteiger partial charge is 0.376 e. The van der Waals surface area contributed by atoms with Crippen molar-refractivity contribution in [3.05, 3.63) is 54.3 Å². The molecule has 2 amide bonds. The Morgan fingerprint density at radius 2 is 1.97 bits per heavy atom. The quantitative estimate of drug-likeness (QED) is 0.518. The lowest BCUT2D eigenvalue weighted by molar-refractivity contribution is -0.125. The van der Waals surface area contributed by atoms with Crippen molar-refractivity contribution >= 4 is 35.0 Å². The smallest absolute Gasteiger partial charge is 0.250 e. The Labute approximate surface area is 206 Å². The second-order valence-corrected chi connectivity index (χ2v) is 10.0. The molecule has 2 aliphatic heterocycles. The van der Waals surface area contributed by atoms with Crippen molar-refractivity contribution in [1.82, 2.24) is 14.8 Å². The zero-order chi connectivity index (χ0) is 24.6. The summed E-state index contributed by atoms with van der Waals surface area (Å²) in [7, 11) is 0. The molecule has 182 valence electrons. The predicted octanol–water partition coefficient (Wildman–Crippen LogP) is 4.12. The molecule has 3 aromatic rings. The standard InChI is InChI=1S/C25H26FN5O3S/c1-25(2)23(33)27-19-7-3-4-8-20(19)31(25)21(32)15-35-24-29-28-22(16-9-11-17(26)12-10-16)30(24)14-18-6-5-13-34-18/h3-4,7-12,18H,5-6,13-15H2,1-2H3,(H,27,33)/t18-/m0/s1. The van der Waals surface area contributed by atoms with Crippen LogP contribution in [0.1, 0.15) is 26.7 Å². The van der Waals surface area contributed by atoms with E-state index < -0.39 is 5.54 Å². The highest BCUT2D eigenvalue weighted by molar-refractivity contribution is 7.99. The zero-order valence-electron chi connectivity index (χ0n) is 19.5. The van der Waals surface area contributed by atoms with Gasteiger partial charge in [0.05, 0.1) is 29.8 Å². The number of anilines is 2. The maximum Gasteiger partial charge on any atom is 0.250 e. The summed E-state index contributed by atoms with van der Waals surface area (Å²) < 4.78 is 21.2. The number of nitrogens with zero attached hydrogens (tertiary/aromatic N) is 4. The molecule has 10 heteroatoms. The number of fused-ring (bicyclic) bond motifs is 1. The van der Waals surface area contributed by atoms with Gasteiger partial charge in [-0.05, 0) is 63.1 Å². The highest BCUT2D eigenvalue weighted by Gasteiger charge is 2.43. The highest BCUT2D eigenvalue weighted by Crippen LogP contribution is 2.37. The average Bonchev–Trinajstić information content (AvgIpc) is 3.49. The second-order valence-electron chi connectivity index (χ2n) is 9.11. The molecule has 5 rings (SSSR count). The number of thioether (sulfide) groups is 1. The van der Waals surface area contributed by atoms with Crippen LogP contribution >= 0.6 is 11.8 Å². The van der Waals surface area contributed by atoms with E-state index in [1.165, 1.54) is 23.9 Å². The van der Waals surface area contributed by atoms with Crippen LogP contribution in [0.25, 0.3) is 11.4 Å². The molecular weight excluding hydrogens is 469 g/mol. The van der Waals surface area contributed by atoms with Crippen LogP contribution in [0.3, 0.4) is 0 Å². The molecule has 1 atom stereocenters. The van der Waals surface area contributed by atoms with Crippen LogP contribution in [0, 0.1) is 5.82 Å². The Morgan fingerprint density at radius 3 is 2.71 bits per heavy atom. The van der Waals surface area contributed by atoms with Crippen molar-refractivity contribution in [3.8, 4) is 11.4 Å². The Hall–Kier alpha value is -3.24. The van der Waals surface area contributed by atoms with E-state index in [9.17, 15) is 14.0 Å². The van der Waals surface area contributed by atoms with E-state index >= 15 is 0 Å². The molecule has 2 aromatic carbocycles. The topological polar surface area (TPSA) is 89.4 Å². The molecule has 0 unspecified atom stereocenters. The zero-order valence-corrected chi connectivity index (χ0v) is 20.3. The van der Waals surface area contributed by atoms with E-state index in [4.69, 9.17) is 4.74 Å². The predicted molar refractivity (Wildman–Crippen MR) is 132 cm³/mol. The Bertz CT molecular complexity index is 1250. The summed E-state index contributed by atoms with van der Waals surface area (Å²) in [6.07, 6.45) is 1.94. The summed E-state index contributed by atoms with van der Waals surface area (Å²) in [4.78, 5) is 27.7. The molecule has 1 aromatic heterocycles. The fourth-order valence-electron chi connectivity index (χ4n) is 4.45. The molecule has 1 fully saturated rings. The molecule has 0 spiro atoms. The number of hydrogen-bond donors (Lipinski definition) is 1. The minimum absolute atomic E-state index is 0.0249. The number of aromatic nitrogens is 3. The number of ether oxygens (including phenoxy) is 1. The van der Waals surface area contributed by atoms with Gasteiger partial charge in [-0.1, -0.05) is 23.9 Å². The van der Waals surface area contributed by atoms with Gasteiger partial charge >= 0.3 is 0 Å². The van der Waals surface area contributed by atoms with Crippen LogP contribution in [0.2, 0.25) is 0 Å². The van der Waals surface area contributed by atoms with Gasteiger partial charge < -0.3 is 10.1 Å². The van der Waals surface area contributed by atoms with E-state index in [0.717, 1.165) is 18.4 Å². The molecule has 0 radical (unpaired) electrons. The van der Waals surface area contributed by atoms with Crippen LogP contribution in [-0.4, -0.2) is 50.6 Å². The maximum atomic E-state index is 13.5. The summed E-state index contributed by atoms with van der Waals surface area (Å²) >= 11 is 1.26. The van der Waals surface area contributed by atoms with E-state index in [1.54, 1.807) is 36.9 Å². The summed E-state index contributed by atoms with van der Waals surface area (Å²) in [5, 5.41) is 12.1. The van der Waals surface area contributed by atoms with Crippen molar-refractivity contribution in [1.29, 1.82) is 0 Å². The number of halogens is 1. The van der Waals surface area contributed by atoms with Gasteiger partial charge in [0.25, 0.3) is 0 Å². The third kappa shape index (κ3) is 4.55. The number of amides is 2. The molecule has 0 bridgehead atoms. The van der Waals surface area contributed by atoms with Gasteiger partial charge in [-0.2, -0.15) is 0 Å². The maximum absolute atomic E-state index is 13.5. The minimum Gasteiger partial charge on any atom is -0.376 e. The third-order valence-corrected chi connectivity index (χ3v) is 7.26. The number of nitrogens with one attached hydrogen (secondary N) is 1. The second kappa shape index (κ2) is 9.43. The molecule has 0 saturated carbocycles. The van der Waals surface area contributed by atoms with Gasteiger partial charge in [0, 0.05) is 12.2 Å². The van der Waals surface area contributed by atoms with E-state index in [-0.39, 0.29) is 29.5 Å². The minimum atomic E-state index is -1.05. The number of para-hydroxylation sites is 2. The molecular formula is C25H26FN5O3S. The van der Waals surface area contributed by atoms with Crippen LogP contribution in [0.4, 0.5) is 15.8 Å². The first-order valence-corrected chi connectivity index (χ1v) is 12.5. The Balaban J connectivity index is 1.41. The Morgan fingerprint density at radius 1 is 1.20 bits per heavy atom. The summed E-state index contributed by atoms with van der Waals surface area (Å²) in [6.45, 7) is 4.71. The van der Waals surface area contributed by atoms with E-state index in [2.05, 4.69) is 15.5 Å². The van der Waals surface area contributed by atoms with Crippen LogP contribution < -0.4 is 10.2 Å². The lowest BCUT2D eigenvalue weighted by atomic mass is 9.96. The lowest BCUT2D eigenvalue weighted by Gasteiger charge is -2.42. The average molecular weight is 496 g/mol. The van der Waals surface area contributed by atoms with Crippen molar-refractivity contribution in [3.63, 3.8) is 0 Å². The number of rotatable bonds is 6. The number of carbonyl (C=O) groups is 2.